The van der Waals surface area contributed by atoms with Crippen LogP contribution in [0.4, 0.5) is 0 Å². The number of carbonyl (C=O) groups excluding carboxylic acids is 1. The van der Waals surface area contributed by atoms with Crippen molar-refractivity contribution in [2.24, 2.45) is 0 Å². The molecule has 0 unspecified atom stereocenters. The Morgan fingerprint density at radius 3 is 2.75 bits per heavy atom. The van der Waals surface area contributed by atoms with Crippen LogP contribution < -0.4 is 0 Å². The number of amides is 1. The molecule has 8 heteroatoms. The maximum atomic E-state index is 12.6. The van der Waals surface area contributed by atoms with Crippen LogP contribution in [0.15, 0.2) is 27.9 Å². The molecule has 3 heterocycles. The zero-order chi connectivity index (χ0) is 19.5. The highest BCUT2D eigenvalue weighted by Gasteiger charge is 2.27. The summed E-state index contributed by atoms with van der Waals surface area (Å²) < 4.78 is 5.45. The average molecular weight is 402 g/mol. The third-order valence-electron chi connectivity index (χ3n) is 5.64. The van der Waals surface area contributed by atoms with Crippen LogP contribution >= 0.6 is 11.8 Å². The molecule has 2 aliphatic rings. The highest BCUT2D eigenvalue weighted by atomic mass is 32.2. The Morgan fingerprint density at radius 1 is 1.29 bits per heavy atom. The van der Waals surface area contributed by atoms with Gasteiger partial charge in [-0.2, -0.15) is 4.98 Å². The van der Waals surface area contributed by atoms with Gasteiger partial charge >= 0.3 is 0 Å². The number of carbonyl (C=O) groups is 1. The summed E-state index contributed by atoms with van der Waals surface area (Å²) in [5.74, 6) is 2.22. The van der Waals surface area contributed by atoms with Gasteiger partial charge in [0.2, 0.25) is 17.6 Å². The van der Waals surface area contributed by atoms with E-state index >= 15 is 0 Å². The minimum absolute atomic E-state index is 0.160. The number of piperazine rings is 1. The van der Waals surface area contributed by atoms with Crippen LogP contribution in [0.25, 0.3) is 11.4 Å². The molecule has 0 aromatic carbocycles. The van der Waals surface area contributed by atoms with Gasteiger partial charge in [-0.05, 0) is 38.8 Å². The van der Waals surface area contributed by atoms with Gasteiger partial charge < -0.3 is 9.42 Å². The average Bonchev–Trinajstić information content (AvgIpc) is 3.14. The van der Waals surface area contributed by atoms with Gasteiger partial charge in [0, 0.05) is 44.3 Å². The molecule has 0 radical (unpaired) electrons. The number of thioether (sulfide) groups is 1. The molecule has 2 fully saturated rings. The lowest BCUT2D eigenvalue weighted by Gasteiger charge is -2.36. The molecule has 28 heavy (non-hydrogen) atoms. The van der Waals surface area contributed by atoms with Gasteiger partial charge in [-0.25, -0.2) is 4.98 Å². The second-order valence-electron chi connectivity index (χ2n) is 7.74. The van der Waals surface area contributed by atoms with E-state index in [-0.39, 0.29) is 5.91 Å². The van der Waals surface area contributed by atoms with Gasteiger partial charge in [0.1, 0.15) is 5.03 Å². The Bertz CT molecular complexity index is 812. The van der Waals surface area contributed by atoms with Gasteiger partial charge in [-0.3, -0.25) is 9.69 Å². The summed E-state index contributed by atoms with van der Waals surface area (Å²) >= 11 is 1.45. The molecule has 0 bridgehead atoms. The zero-order valence-electron chi connectivity index (χ0n) is 16.5. The fourth-order valence-corrected chi connectivity index (χ4v) is 4.44. The molecule has 0 spiro atoms. The molecular formula is C20H27N5O2S. The molecule has 1 saturated carbocycles. The van der Waals surface area contributed by atoms with Crippen LogP contribution in [0.3, 0.4) is 0 Å². The fraction of sp³-hybridized carbons (Fsp3) is 0.600. The molecule has 150 valence electrons. The summed E-state index contributed by atoms with van der Waals surface area (Å²) in [5.41, 5.74) is 0.833. The van der Waals surface area contributed by atoms with Crippen LogP contribution in [0.5, 0.6) is 0 Å². The van der Waals surface area contributed by atoms with Gasteiger partial charge in [0.25, 0.3) is 0 Å². The molecule has 1 amide bonds. The van der Waals surface area contributed by atoms with Crippen molar-refractivity contribution in [3.8, 4) is 11.4 Å². The number of aromatic nitrogens is 3. The molecule has 0 atom stereocenters. The fourth-order valence-electron chi connectivity index (χ4n) is 3.55. The van der Waals surface area contributed by atoms with Crippen molar-refractivity contribution in [3.05, 3.63) is 24.2 Å². The Balaban J connectivity index is 1.38. The molecule has 1 saturated heterocycles. The van der Waals surface area contributed by atoms with E-state index in [0.717, 1.165) is 55.5 Å². The molecule has 2 aromatic rings. The molecule has 1 aliphatic carbocycles. The van der Waals surface area contributed by atoms with E-state index in [1.807, 2.05) is 17.0 Å². The largest absolute Gasteiger partial charge is 0.339 e. The van der Waals surface area contributed by atoms with Crippen molar-refractivity contribution in [1.29, 1.82) is 0 Å². The Kier molecular flexibility index (Phi) is 5.96. The summed E-state index contributed by atoms with van der Waals surface area (Å²) in [6.45, 7) is 7.87. The SMILES string of the molecule is CC(C)N1CCN(C(=O)CSc2ncccc2-c2noc(C3CCC3)n2)CC1. The van der Waals surface area contributed by atoms with Crippen molar-refractivity contribution >= 4 is 17.7 Å². The lowest BCUT2D eigenvalue weighted by molar-refractivity contribution is -0.130. The van der Waals surface area contributed by atoms with E-state index < -0.39 is 0 Å². The third kappa shape index (κ3) is 4.22. The minimum atomic E-state index is 0.160. The highest BCUT2D eigenvalue weighted by Crippen LogP contribution is 2.36. The van der Waals surface area contributed by atoms with Crippen molar-refractivity contribution in [3.63, 3.8) is 0 Å². The van der Waals surface area contributed by atoms with Crippen LogP contribution in [0.1, 0.15) is 44.9 Å². The number of hydrogen-bond donors (Lipinski definition) is 0. The maximum Gasteiger partial charge on any atom is 0.233 e. The lowest BCUT2D eigenvalue weighted by Crippen LogP contribution is -2.51. The van der Waals surface area contributed by atoms with E-state index in [9.17, 15) is 4.79 Å². The number of nitrogens with zero attached hydrogens (tertiary/aromatic N) is 5. The molecule has 1 aliphatic heterocycles. The van der Waals surface area contributed by atoms with Crippen LogP contribution in [0, 0.1) is 0 Å². The predicted molar refractivity (Wildman–Crippen MR) is 108 cm³/mol. The summed E-state index contributed by atoms with van der Waals surface area (Å²) in [4.78, 5) is 26.0. The van der Waals surface area contributed by atoms with Crippen molar-refractivity contribution in [2.75, 3.05) is 31.9 Å². The van der Waals surface area contributed by atoms with Crippen molar-refractivity contribution in [1.82, 2.24) is 24.9 Å². The zero-order valence-corrected chi connectivity index (χ0v) is 17.3. The van der Waals surface area contributed by atoms with Crippen LogP contribution in [0.2, 0.25) is 0 Å². The number of pyridine rings is 1. The van der Waals surface area contributed by atoms with Gasteiger partial charge in [0.15, 0.2) is 0 Å². The summed E-state index contributed by atoms with van der Waals surface area (Å²) in [5, 5.41) is 4.93. The molecular weight excluding hydrogens is 374 g/mol. The van der Waals surface area contributed by atoms with Crippen LogP contribution in [-0.4, -0.2) is 68.8 Å². The van der Waals surface area contributed by atoms with E-state index in [4.69, 9.17) is 4.52 Å². The number of rotatable bonds is 6. The Labute approximate surface area is 169 Å². The van der Waals surface area contributed by atoms with Gasteiger partial charge in [-0.15, -0.1) is 0 Å². The smallest absolute Gasteiger partial charge is 0.233 e. The summed E-state index contributed by atoms with van der Waals surface area (Å²) in [6, 6.07) is 4.34. The first kappa shape index (κ1) is 19.4. The monoisotopic (exact) mass is 401 g/mol. The van der Waals surface area contributed by atoms with E-state index in [0.29, 0.717) is 23.5 Å². The minimum Gasteiger partial charge on any atom is -0.339 e. The topological polar surface area (TPSA) is 75.4 Å². The molecule has 2 aromatic heterocycles. The van der Waals surface area contributed by atoms with Gasteiger partial charge in [-0.1, -0.05) is 23.3 Å². The molecule has 4 rings (SSSR count). The van der Waals surface area contributed by atoms with Crippen molar-refractivity contribution < 1.29 is 9.32 Å². The van der Waals surface area contributed by atoms with Gasteiger partial charge in [0.05, 0.1) is 11.3 Å². The van der Waals surface area contributed by atoms with E-state index in [2.05, 4.69) is 33.9 Å². The maximum absolute atomic E-state index is 12.6. The second-order valence-corrected chi connectivity index (χ2v) is 8.70. The predicted octanol–water partition coefficient (Wildman–Crippen LogP) is 3.04. The molecule has 7 nitrogen and oxygen atoms in total. The van der Waals surface area contributed by atoms with Crippen LogP contribution in [-0.2, 0) is 4.79 Å². The Morgan fingerprint density at radius 2 is 2.07 bits per heavy atom. The standard InChI is InChI=1S/C20H27N5O2S/c1-14(2)24-9-11-25(12-10-24)17(26)13-28-20-16(7-4-8-21-20)18-22-19(27-23-18)15-5-3-6-15/h4,7-8,14-15H,3,5-6,9-13H2,1-2H3. The first-order valence-electron chi connectivity index (χ1n) is 10.1. The Hall–Kier alpha value is -1.93. The third-order valence-corrected chi connectivity index (χ3v) is 6.63. The summed E-state index contributed by atoms with van der Waals surface area (Å²) in [6.07, 6.45) is 5.21. The molecule has 0 N–H and O–H groups in total. The highest BCUT2D eigenvalue weighted by molar-refractivity contribution is 8.00. The number of hydrogen-bond acceptors (Lipinski definition) is 7. The first-order valence-corrected chi connectivity index (χ1v) is 11.0. The van der Waals surface area contributed by atoms with E-state index in [1.54, 1.807) is 6.20 Å². The first-order chi connectivity index (χ1) is 13.6. The normalized spacial score (nSPS) is 18.5. The van der Waals surface area contributed by atoms with E-state index in [1.165, 1.54) is 18.2 Å². The lowest BCUT2D eigenvalue weighted by atomic mass is 9.85. The van der Waals surface area contributed by atoms with Crippen molar-refractivity contribution in [2.45, 2.75) is 50.1 Å². The summed E-state index contributed by atoms with van der Waals surface area (Å²) in [7, 11) is 0. The quantitative estimate of drug-likeness (QED) is 0.689. The second kappa shape index (κ2) is 8.61.